The fourth-order valence-electron chi connectivity index (χ4n) is 1.60. The Morgan fingerprint density at radius 3 is 2.75 bits per heavy atom. The maximum Gasteiger partial charge on any atom is 0.328 e. The molecule has 0 atom stereocenters. The van der Waals surface area contributed by atoms with Crippen molar-refractivity contribution in [3.05, 3.63) is 65.0 Å². The fraction of sp³-hybridized carbons (Fsp3) is 0.0667. The van der Waals surface area contributed by atoms with Crippen molar-refractivity contribution in [3.8, 4) is 5.75 Å². The van der Waals surface area contributed by atoms with Crippen molar-refractivity contribution in [1.29, 1.82) is 0 Å². The van der Waals surface area contributed by atoms with Crippen LogP contribution < -0.4 is 4.74 Å². The van der Waals surface area contributed by atoms with Crippen molar-refractivity contribution < 1.29 is 14.6 Å². The summed E-state index contributed by atoms with van der Waals surface area (Å²) < 4.78 is 5.68. The number of halogens is 1. The van der Waals surface area contributed by atoms with Gasteiger partial charge in [-0.15, -0.1) is 0 Å². The molecule has 20 heavy (non-hydrogen) atoms. The van der Waals surface area contributed by atoms with Crippen LogP contribution in [-0.2, 0) is 11.4 Å². The number of carbonyl (C=O) groups is 1. The quantitative estimate of drug-likeness (QED) is 0.857. The van der Waals surface area contributed by atoms with Crippen LogP contribution in [-0.4, -0.2) is 16.1 Å². The van der Waals surface area contributed by atoms with E-state index in [0.29, 0.717) is 22.9 Å². The topological polar surface area (TPSA) is 59.4 Å². The normalized spacial score (nSPS) is 10.7. The van der Waals surface area contributed by atoms with Crippen LogP contribution in [0.2, 0.25) is 5.02 Å². The van der Waals surface area contributed by atoms with Crippen molar-refractivity contribution in [2.45, 2.75) is 6.61 Å². The summed E-state index contributed by atoms with van der Waals surface area (Å²) in [6.07, 6.45) is 5.82. The number of ether oxygens (including phenoxy) is 1. The minimum Gasteiger partial charge on any atom is -0.488 e. The summed E-state index contributed by atoms with van der Waals surface area (Å²) in [6, 6.07) is 8.87. The van der Waals surface area contributed by atoms with Crippen molar-refractivity contribution in [2.24, 2.45) is 0 Å². The summed E-state index contributed by atoms with van der Waals surface area (Å²) in [7, 11) is 0. The summed E-state index contributed by atoms with van der Waals surface area (Å²) in [5.41, 5.74) is 1.51. The van der Waals surface area contributed by atoms with Crippen LogP contribution >= 0.6 is 11.6 Å². The molecule has 0 aliphatic rings. The molecule has 0 aliphatic carbocycles. The standard InChI is InChI=1S/C15H12ClNO3/c16-13-2-1-3-14(12(13)4-5-15(18)19)20-10-11-6-8-17-9-7-11/h1-9H,10H2,(H,18,19)/b5-4+. The van der Waals surface area contributed by atoms with Gasteiger partial charge in [-0.1, -0.05) is 17.7 Å². The molecule has 5 heteroatoms. The van der Waals surface area contributed by atoms with Crippen LogP contribution in [0.1, 0.15) is 11.1 Å². The van der Waals surface area contributed by atoms with Gasteiger partial charge in [0.1, 0.15) is 12.4 Å². The van der Waals surface area contributed by atoms with Crippen molar-refractivity contribution in [1.82, 2.24) is 4.98 Å². The Morgan fingerprint density at radius 1 is 1.30 bits per heavy atom. The summed E-state index contributed by atoms with van der Waals surface area (Å²) >= 11 is 6.06. The van der Waals surface area contributed by atoms with Crippen molar-refractivity contribution in [2.75, 3.05) is 0 Å². The van der Waals surface area contributed by atoms with Gasteiger partial charge in [0, 0.05) is 24.0 Å². The fourth-order valence-corrected chi connectivity index (χ4v) is 1.83. The molecule has 1 N–H and O–H groups in total. The zero-order valence-corrected chi connectivity index (χ0v) is 11.2. The lowest BCUT2D eigenvalue weighted by molar-refractivity contribution is -0.131. The Labute approximate surface area is 121 Å². The van der Waals surface area contributed by atoms with Crippen LogP contribution in [0, 0.1) is 0 Å². The number of aromatic nitrogens is 1. The van der Waals surface area contributed by atoms with E-state index in [4.69, 9.17) is 21.4 Å². The average Bonchev–Trinajstić information content (AvgIpc) is 2.45. The van der Waals surface area contributed by atoms with Gasteiger partial charge in [0.2, 0.25) is 0 Å². The Kier molecular flexibility index (Phi) is 4.74. The number of carboxylic acids is 1. The molecule has 0 amide bonds. The third-order valence-electron chi connectivity index (χ3n) is 2.55. The summed E-state index contributed by atoms with van der Waals surface area (Å²) in [6.45, 7) is 0.358. The number of rotatable bonds is 5. The predicted octanol–water partition coefficient (Wildman–Crippen LogP) is 3.41. The van der Waals surface area contributed by atoms with E-state index >= 15 is 0 Å². The number of pyridine rings is 1. The first-order valence-electron chi connectivity index (χ1n) is 5.88. The van der Waals surface area contributed by atoms with Crippen LogP contribution in [0.15, 0.2) is 48.8 Å². The molecule has 4 nitrogen and oxygen atoms in total. The second-order valence-corrected chi connectivity index (χ2v) is 4.37. The second-order valence-electron chi connectivity index (χ2n) is 3.97. The smallest absolute Gasteiger partial charge is 0.328 e. The Bertz CT molecular complexity index is 626. The third kappa shape index (κ3) is 3.83. The molecular formula is C15H12ClNO3. The molecule has 2 rings (SSSR count). The van der Waals surface area contributed by atoms with E-state index in [1.54, 1.807) is 30.6 Å². The summed E-state index contributed by atoms with van der Waals surface area (Å²) in [4.78, 5) is 14.5. The molecule has 2 aromatic rings. The average molecular weight is 290 g/mol. The van der Waals surface area contributed by atoms with E-state index in [9.17, 15) is 4.79 Å². The van der Waals surface area contributed by atoms with Gasteiger partial charge in [0.05, 0.1) is 5.02 Å². The van der Waals surface area contributed by atoms with Gasteiger partial charge in [0.15, 0.2) is 0 Å². The van der Waals surface area contributed by atoms with Gasteiger partial charge in [-0.25, -0.2) is 4.79 Å². The second kappa shape index (κ2) is 6.73. The zero-order valence-electron chi connectivity index (χ0n) is 10.5. The molecule has 1 heterocycles. The van der Waals surface area contributed by atoms with Crippen LogP contribution in [0.3, 0.4) is 0 Å². The molecule has 0 unspecified atom stereocenters. The van der Waals surface area contributed by atoms with Gasteiger partial charge in [-0.2, -0.15) is 0 Å². The lowest BCUT2D eigenvalue weighted by atomic mass is 10.2. The third-order valence-corrected chi connectivity index (χ3v) is 2.88. The highest BCUT2D eigenvalue weighted by Crippen LogP contribution is 2.28. The molecule has 0 saturated heterocycles. The largest absolute Gasteiger partial charge is 0.488 e. The first kappa shape index (κ1) is 14.1. The molecule has 0 bridgehead atoms. The van der Waals surface area contributed by atoms with Gasteiger partial charge in [0.25, 0.3) is 0 Å². The Hall–Kier alpha value is -2.33. The zero-order chi connectivity index (χ0) is 14.4. The maximum absolute atomic E-state index is 10.6. The van der Waals surface area contributed by atoms with Gasteiger partial charge < -0.3 is 9.84 Å². The number of hydrogen-bond donors (Lipinski definition) is 1. The Morgan fingerprint density at radius 2 is 2.05 bits per heavy atom. The van der Waals surface area contributed by atoms with Gasteiger partial charge in [-0.3, -0.25) is 4.98 Å². The lowest BCUT2D eigenvalue weighted by Gasteiger charge is -2.10. The van der Waals surface area contributed by atoms with Crippen LogP contribution in [0.25, 0.3) is 6.08 Å². The number of nitrogens with zero attached hydrogens (tertiary/aromatic N) is 1. The predicted molar refractivity (Wildman–Crippen MR) is 76.7 cm³/mol. The number of benzene rings is 1. The molecule has 1 aromatic heterocycles. The van der Waals surface area contributed by atoms with E-state index in [1.807, 2.05) is 12.1 Å². The minimum atomic E-state index is -1.04. The van der Waals surface area contributed by atoms with E-state index in [-0.39, 0.29) is 0 Å². The van der Waals surface area contributed by atoms with Gasteiger partial charge in [-0.05, 0) is 35.9 Å². The summed E-state index contributed by atoms with van der Waals surface area (Å²) in [5, 5.41) is 9.13. The molecule has 102 valence electrons. The lowest BCUT2D eigenvalue weighted by Crippen LogP contribution is -1.97. The van der Waals surface area contributed by atoms with E-state index in [1.165, 1.54) is 6.08 Å². The molecule has 0 fully saturated rings. The molecule has 0 saturated carbocycles. The van der Waals surface area contributed by atoms with Crippen LogP contribution in [0.5, 0.6) is 5.75 Å². The van der Waals surface area contributed by atoms with E-state index < -0.39 is 5.97 Å². The Balaban J connectivity index is 2.19. The highest BCUT2D eigenvalue weighted by atomic mass is 35.5. The molecule has 0 aliphatic heterocycles. The van der Waals surface area contributed by atoms with Crippen LogP contribution in [0.4, 0.5) is 0 Å². The number of hydrogen-bond acceptors (Lipinski definition) is 3. The van der Waals surface area contributed by atoms with E-state index in [2.05, 4.69) is 4.98 Å². The number of aliphatic carboxylic acids is 1. The molecule has 0 spiro atoms. The highest BCUT2D eigenvalue weighted by Gasteiger charge is 2.06. The molecular weight excluding hydrogens is 278 g/mol. The van der Waals surface area contributed by atoms with Crippen molar-refractivity contribution in [3.63, 3.8) is 0 Å². The monoisotopic (exact) mass is 289 g/mol. The van der Waals surface area contributed by atoms with Gasteiger partial charge >= 0.3 is 5.97 Å². The maximum atomic E-state index is 10.6. The highest BCUT2D eigenvalue weighted by molar-refractivity contribution is 6.32. The molecule has 0 radical (unpaired) electrons. The number of carboxylic acid groups (broad SMARTS) is 1. The minimum absolute atomic E-state index is 0.358. The first-order valence-corrected chi connectivity index (χ1v) is 6.26. The first-order chi connectivity index (χ1) is 9.66. The SMILES string of the molecule is O=C(O)/C=C/c1c(Cl)cccc1OCc1ccncc1. The van der Waals surface area contributed by atoms with E-state index in [0.717, 1.165) is 11.6 Å². The van der Waals surface area contributed by atoms with Crippen molar-refractivity contribution >= 4 is 23.6 Å². The molecule has 1 aromatic carbocycles. The summed E-state index contributed by atoms with van der Waals surface area (Å²) in [5.74, 6) is -0.503.